The number of anilines is 1. The molecule has 0 spiro atoms. The van der Waals surface area contributed by atoms with E-state index in [2.05, 4.69) is 10.4 Å². The molecule has 1 heterocycles. The minimum absolute atomic E-state index is 0.373. The third-order valence-electron chi connectivity index (χ3n) is 4.41. The van der Waals surface area contributed by atoms with Gasteiger partial charge in [-0.1, -0.05) is 18.2 Å². The monoisotopic (exact) mass is 377 g/mol. The number of ether oxygens (including phenoxy) is 1. The average molecular weight is 377 g/mol. The summed E-state index contributed by atoms with van der Waals surface area (Å²) in [5.74, 6) is -0.922. The third-order valence-corrected chi connectivity index (χ3v) is 4.41. The molecule has 2 aromatic carbocycles. The van der Waals surface area contributed by atoms with Gasteiger partial charge in [-0.15, -0.1) is 0 Å². The average Bonchev–Trinajstić information content (AvgIpc) is 3.01. The maximum atomic E-state index is 12.4. The van der Waals surface area contributed by atoms with Crippen LogP contribution in [0.5, 0.6) is 0 Å². The number of amides is 1. The van der Waals surface area contributed by atoms with Crippen molar-refractivity contribution >= 4 is 17.6 Å². The van der Waals surface area contributed by atoms with Gasteiger partial charge in [0.15, 0.2) is 6.10 Å². The molecule has 1 atom stereocenters. The number of esters is 1. The molecule has 0 aliphatic heterocycles. The van der Waals surface area contributed by atoms with Crippen molar-refractivity contribution in [1.29, 1.82) is 0 Å². The van der Waals surface area contributed by atoms with Gasteiger partial charge in [-0.3, -0.25) is 4.79 Å². The summed E-state index contributed by atoms with van der Waals surface area (Å²) in [6.45, 7) is 7.35. The second-order valence-corrected chi connectivity index (χ2v) is 6.74. The van der Waals surface area contributed by atoms with E-state index in [9.17, 15) is 9.59 Å². The Morgan fingerprint density at radius 3 is 2.32 bits per heavy atom. The van der Waals surface area contributed by atoms with Crippen molar-refractivity contribution in [3.63, 3.8) is 0 Å². The van der Waals surface area contributed by atoms with Crippen molar-refractivity contribution in [1.82, 2.24) is 9.78 Å². The van der Waals surface area contributed by atoms with Crippen LogP contribution in [0.15, 0.2) is 54.6 Å². The Balaban J connectivity index is 1.64. The highest BCUT2D eigenvalue weighted by atomic mass is 16.5. The summed E-state index contributed by atoms with van der Waals surface area (Å²) in [6, 6.07) is 16.4. The molecule has 6 nitrogen and oxygen atoms in total. The highest BCUT2D eigenvalue weighted by Gasteiger charge is 2.19. The number of hydrogen-bond donors (Lipinski definition) is 1. The fourth-order valence-electron chi connectivity index (χ4n) is 2.86. The topological polar surface area (TPSA) is 73.2 Å². The number of carbonyl (C=O) groups excluding carboxylic acids is 2. The van der Waals surface area contributed by atoms with Crippen LogP contribution >= 0.6 is 0 Å². The van der Waals surface area contributed by atoms with E-state index >= 15 is 0 Å². The second-order valence-electron chi connectivity index (χ2n) is 6.74. The van der Waals surface area contributed by atoms with E-state index in [1.54, 1.807) is 37.3 Å². The van der Waals surface area contributed by atoms with Gasteiger partial charge in [-0.25, -0.2) is 9.48 Å². The van der Waals surface area contributed by atoms with Gasteiger partial charge in [-0.05, 0) is 69.7 Å². The predicted octanol–water partition coefficient (Wildman–Crippen LogP) is 3.98. The van der Waals surface area contributed by atoms with Gasteiger partial charge in [0.1, 0.15) is 0 Å². The third kappa shape index (κ3) is 4.28. The first kappa shape index (κ1) is 19.4. The zero-order chi connectivity index (χ0) is 20.3. The second kappa shape index (κ2) is 8.08. The van der Waals surface area contributed by atoms with Crippen LogP contribution in [-0.4, -0.2) is 27.8 Å². The van der Waals surface area contributed by atoms with E-state index in [0.29, 0.717) is 11.3 Å². The van der Waals surface area contributed by atoms with Crippen molar-refractivity contribution in [3.8, 4) is 5.69 Å². The normalized spacial score (nSPS) is 11.7. The summed E-state index contributed by atoms with van der Waals surface area (Å²) in [5, 5.41) is 7.20. The molecular formula is C22H23N3O3. The standard InChI is InChI=1S/C22H23N3O3/c1-14-7-5-6-8-20(14)23-21(26)17(4)28-22(27)18-9-11-19(12-10-18)25-16(3)13-15(2)24-25/h5-13,17H,1-4H3,(H,23,26)/t17-/m0/s1. The van der Waals surface area contributed by atoms with Crippen LogP contribution in [0.1, 0.15) is 34.2 Å². The van der Waals surface area contributed by atoms with Crippen LogP contribution in [0, 0.1) is 20.8 Å². The number of nitrogens with zero attached hydrogens (tertiary/aromatic N) is 2. The highest BCUT2D eigenvalue weighted by Crippen LogP contribution is 2.16. The number of rotatable bonds is 5. The lowest BCUT2D eigenvalue weighted by Crippen LogP contribution is -2.30. The van der Waals surface area contributed by atoms with Gasteiger partial charge < -0.3 is 10.1 Å². The molecule has 1 N–H and O–H groups in total. The van der Waals surface area contributed by atoms with Crippen LogP contribution < -0.4 is 5.32 Å². The van der Waals surface area contributed by atoms with E-state index in [0.717, 1.165) is 22.6 Å². The molecule has 0 saturated heterocycles. The van der Waals surface area contributed by atoms with Gasteiger partial charge in [0.2, 0.25) is 0 Å². The predicted molar refractivity (Wildman–Crippen MR) is 108 cm³/mol. The SMILES string of the molecule is Cc1cc(C)n(-c2ccc(C(=O)O[C@@H](C)C(=O)Nc3ccccc3C)cc2)n1. The molecule has 0 unspecified atom stereocenters. The fraction of sp³-hybridized carbons (Fsp3) is 0.227. The van der Waals surface area contributed by atoms with Crippen molar-refractivity contribution in [2.24, 2.45) is 0 Å². The Morgan fingerprint density at radius 1 is 1.04 bits per heavy atom. The van der Waals surface area contributed by atoms with Gasteiger partial charge in [-0.2, -0.15) is 5.10 Å². The number of para-hydroxylation sites is 1. The molecule has 144 valence electrons. The molecule has 0 bridgehead atoms. The Labute approximate surface area is 164 Å². The molecule has 3 rings (SSSR count). The van der Waals surface area contributed by atoms with Gasteiger partial charge in [0, 0.05) is 11.4 Å². The van der Waals surface area contributed by atoms with E-state index in [1.807, 2.05) is 49.7 Å². The maximum absolute atomic E-state index is 12.4. The number of hydrogen-bond acceptors (Lipinski definition) is 4. The molecule has 3 aromatic rings. The smallest absolute Gasteiger partial charge is 0.338 e. The Kier molecular flexibility index (Phi) is 5.59. The van der Waals surface area contributed by atoms with Crippen molar-refractivity contribution in [3.05, 3.63) is 77.1 Å². The van der Waals surface area contributed by atoms with Crippen LogP contribution in [0.2, 0.25) is 0 Å². The summed E-state index contributed by atoms with van der Waals surface area (Å²) in [4.78, 5) is 24.7. The molecular weight excluding hydrogens is 354 g/mol. The number of nitrogens with one attached hydrogen (secondary N) is 1. The quantitative estimate of drug-likeness (QED) is 0.683. The zero-order valence-corrected chi connectivity index (χ0v) is 16.4. The van der Waals surface area contributed by atoms with Crippen LogP contribution in [0.4, 0.5) is 5.69 Å². The zero-order valence-electron chi connectivity index (χ0n) is 16.4. The van der Waals surface area contributed by atoms with Gasteiger partial charge in [0.05, 0.1) is 16.9 Å². The van der Waals surface area contributed by atoms with Crippen LogP contribution in [-0.2, 0) is 9.53 Å². The summed E-state index contributed by atoms with van der Waals surface area (Å²) < 4.78 is 7.12. The fourth-order valence-corrected chi connectivity index (χ4v) is 2.86. The van der Waals surface area contributed by atoms with E-state index in [4.69, 9.17) is 4.74 Å². The first-order valence-electron chi connectivity index (χ1n) is 9.06. The van der Waals surface area contributed by atoms with Crippen molar-refractivity contribution in [2.75, 3.05) is 5.32 Å². The molecule has 0 saturated carbocycles. The van der Waals surface area contributed by atoms with Crippen LogP contribution in [0.25, 0.3) is 5.69 Å². The van der Waals surface area contributed by atoms with Gasteiger partial charge >= 0.3 is 5.97 Å². The maximum Gasteiger partial charge on any atom is 0.338 e. The largest absolute Gasteiger partial charge is 0.449 e. The first-order valence-corrected chi connectivity index (χ1v) is 9.06. The molecule has 6 heteroatoms. The lowest BCUT2D eigenvalue weighted by atomic mass is 10.2. The lowest BCUT2D eigenvalue weighted by Gasteiger charge is -2.15. The van der Waals surface area contributed by atoms with E-state index < -0.39 is 12.1 Å². The minimum Gasteiger partial charge on any atom is -0.449 e. The summed E-state index contributed by atoms with van der Waals surface area (Å²) in [7, 11) is 0. The molecule has 1 aromatic heterocycles. The number of carbonyl (C=O) groups is 2. The number of aromatic nitrogens is 2. The Morgan fingerprint density at radius 2 is 1.71 bits per heavy atom. The van der Waals surface area contributed by atoms with Gasteiger partial charge in [0.25, 0.3) is 5.91 Å². The highest BCUT2D eigenvalue weighted by molar-refractivity contribution is 5.97. The van der Waals surface area contributed by atoms with Crippen molar-refractivity contribution < 1.29 is 14.3 Å². The molecule has 0 radical (unpaired) electrons. The number of aryl methyl sites for hydroxylation is 3. The lowest BCUT2D eigenvalue weighted by molar-refractivity contribution is -0.123. The molecule has 0 fully saturated rings. The number of benzene rings is 2. The molecule has 0 aliphatic rings. The minimum atomic E-state index is -0.914. The molecule has 0 aliphatic carbocycles. The van der Waals surface area contributed by atoms with E-state index in [-0.39, 0.29) is 5.91 Å². The molecule has 1 amide bonds. The summed E-state index contributed by atoms with van der Waals surface area (Å²) in [5.41, 5.74) is 4.80. The summed E-state index contributed by atoms with van der Waals surface area (Å²) in [6.07, 6.45) is -0.914. The first-order chi connectivity index (χ1) is 13.3. The van der Waals surface area contributed by atoms with Crippen LogP contribution in [0.3, 0.4) is 0 Å². The Hall–Kier alpha value is -3.41. The van der Waals surface area contributed by atoms with E-state index in [1.165, 1.54) is 0 Å². The van der Waals surface area contributed by atoms with Crippen molar-refractivity contribution in [2.45, 2.75) is 33.8 Å². The summed E-state index contributed by atoms with van der Waals surface area (Å²) >= 11 is 0. The molecule has 28 heavy (non-hydrogen) atoms. The Bertz CT molecular complexity index is 1010.